The summed E-state index contributed by atoms with van der Waals surface area (Å²) in [5.74, 6) is 0.816. The van der Waals surface area contributed by atoms with Gasteiger partial charge in [-0.3, -0.25) is 4.79 Å². The minimum Gasteiger partial charge on any atom is -0.491 e. The van der Waals surface area contributed by atoms with E-state index in [2.05, 4.69) is 35.0 Å². The first-order chi connectivity index (χ1) is 14.8. The highest BCUT2D eigenvalue weighted by molar-refractivity contribution is 5.95. The van der Waals surface area contributed by atoms with E-state index in [9.17, 15) is 4.79 Å². The Bertz CT molecular complexity index is 991. The average molecular weight is 402 g/mol. The van der Waals surface area contributed by atoms with Crippen LogP contribution in [0.2, 0.25) is 0 Å². The van der Waals surface area contributed by atoms with Gasteiger partial charge in [-0.05, 0) is 54.8 Å². The molecule has 1 aromatic heterocycles. The van der Waals surface area contributed by atoms with Gasteiger partial charge in [-0.25, -0.2) is 0 Å². The number of ether oxygens (including phenoxy) is 2. The molecule has 0 bridgehead atoms. The van der Waals surface area contributed by atoms with Gasteiger partial charge in [0, 0.05) is 37.2 Å². The third kappa shape index (κ3) is 3.73. The van der Waals surface area contributed by atoms with E-state index in [1.807, 2.05) is 47.4 Å². The molecule has 1 amide bonds. The van der Waals surface area contributed by atoms with Gasteiger partial charge in [-0.1, -0.05) is 30.3 Å². The first-order valence-electron chi connectivity index (χ1n) is 10.6. The summed E-state index contributed by atoms with van der Waals surface area (Å²) in [6, 6.07) is 21.8. The predicted octanol–water partition coefficient (Wildman–Crippen LogP) is 4.29. The number of rotatable bonds is 5. The van der Waals surface area contributed by atoms with E-state index in [1.54, 1.807) is 0 Å². The molecule has 154 valence electrons. The van der Waals surface area contributed by atoms with Gasteiger partial charge >= 0.3 is 0 Å². The van der Waals surface area contributed by atoms with Crippen molar-refractivity contribution in [3.63, 3.8) is 0 Å². The minimum absolute atomic E-state index is 0.0435. The van der Waals surface area contributed by atoms with Crippen LogP contribution in [0.15, 0.2) is 72.9 Å². The highest BCUT2D eigenvalue weighted by Gasteiger charge is 2.32. The van der Waals surface area contributed by atoms with E-state index in [4.69, 9.17) is 9.47 Å². The number of fused-ring (bicyclic) bond motifs is 1. The average Bonchev–Trinajstić information content (AvgIpc) is 3.49. The largest absolute Gasteiger partial charge is 0.491 e. The van der Waals surface area contributed by atoms with Gasteiger partial charge in [0.15, 0.2) is 0 Å². The van der Waals surface area contributed by atoms with Crippen molar-refractivity contribution in [1.82, 2.24) is 9.47 Å². The summed E-state index contributed by atoms with van der Waals surface area (Å²) < 4.78 is 13.7. The second kappa shape index (κ2) is 8.36. The first-order valence-corrected chi connectivity index (χ1v) is 10.6. The molecule has 1 fully saturated rings. The minimum atomic E-state index is -0.0853. The Morgan fingerprint density at radius 3 is 2.60 bits per heavy atom. The molecule has 5 nitrogen and oxygen atoms in total. The number of nitrogens with zero attached hydrogens (tertiary/aromatic N) is 2. The van der Waals surface area contributed by atoms with Crippen LogP contribution in [0.25, 0.3) is 0 Å². The molecule has 2 unspecified atom stereocenters. The number of benzene rings is 2. The standard InChI is InChI=1S/C25H26N2O3/c28-25(20-10-12-21(13-11-20)30-18-22-8-5-17-29-22)27-16-15-26-14-4-9-23(26)24(27)19-6-2-1-3-7-19/h1-4,6-7,9-14,22,24H,5,8,15-18H2. The van der Waals surface area contributed by atoms with Gasteiger partial charge in [0.05, 0.1) is 12.1 Å². The molecular weight excluding hydrogens is 376 g/mol. The summed E-state index contributed by atoms with van der Waals surface area (Å²) in [5, 5.41) is 0. The molecule has 2 aromatic carbocycles. The van der Waals surface area contributed by atoms with Crippen molar-refractivity contribution in [2.45, 2.75) is 31.5 Å². The zero-order valence-corrected chi connectivity index (χ0v) is 16.9. The topological polar surface area (TPSA) is 43.7 Å². The smallest absolute Gasteiger partial charge is 0.254 e. The molecule has 2 aliphatic rings. The van der Waals surface area contributed by atoms with Crippen molar-refractivity contribution in [2.24, 2.45) is 0 Å². The summed E-state index contributed by atoms with van der Waals surface area (Å²) in [6.45, 7) is 2.87. The number of hydrogen-bond acceptors (Lipinski definition) is 3. The molecule has 2 atom stereocenters. The number of carbonyl (C=O) groups is 1. The van der Waals surface area contributed by atoms with Crippen molar-refractivity contribution in [3.05, 3.63) is 89.7 Å². The lowest BCUT2D eigenvalue weighted by molar-refractivity contribution is 0.0660. The Kier molecular flexibility index (Phi) is 5.28. The molecule has 30 heavy (non-hydrogen) atoms. The van der Waals surface area contributed by atoms with Crippen molar-refractivity contribution in [2.75, 3.05) is 19.8 Å². The van der Waals surface area contributed by atoms with Crippen molar-refractivity contribution < 1.29 is 14.3 Å². The van der Waals surface area contributed by atoms with E-state index in [-0.39, 0.29) is 18.1 Å². The summed E-state index contributed by atoms with van der Waals surface area (Å²) >= 11 is 0. The molecular formula is C25H26N2O3. The maximum Gasteiger partial charge on any atom is 0.254 e. The molecule has 0 saturated carbocycles. The molecule has 0 radical (unpaired) electrons. The van der Waals surface area contributed by atoms with Crippen LogP contribution in [0.4, 0.5) is 0 Å². The number of carbonyl (C=O) groups excluding carboxylic acids is 1. The number of amides is 1. The summed E-state index contributed by atoms with van der Waals surface area (Å²) in [5.41, 5.74) is 2.96. The Morgan fingerprint density at radius 1 is 1.00 bits per heavy atom. The van der Waals surface area contributed by atoms with Crippen LogP contribution in [0.3, 0.4) is 0 Å². The van der Waals surface area contributed by atoms with Gasteiger partial charge in [0.2, 0.25) is 0 Å². The summed E-state index contributed by atoms with van der Waals surface area (Å²) in [6.07, 6.45) is 4.42. The van der Waals surface area contributed by atoms with Crippen molar-refractivity contribution >= 4 is 5.91 Å². The fourth-order valence-corrected chi connectivity index (χ4v) is 4.41. The molecule has 5 heteroatoms. The second-order valence-corrected chi connectivity index (χ2v) is 7.91. The number of aromatic nitrogens is 1. The van der Waals surface area contributed by atoms with E-state index >= 15 is 0 Å². The molecule has 2 aliphatic heterocycles. The van der Waals surface area contributed by atoms with Gasteiger partial charge in [-0.15, -0.1) is 0 Å². The fourth-order valence-electron chi connectivity index (χ4n) is 4.41. The summed E-state index contributed by atoms with van der Waals surface area (Å²) in [4.78, 5) is 15.4. The molecule has 0 N–H and O–H groups in total. The second-order valence-electron chi connectivity index (χ2n) is 7.91. The van der Waals surface area contributed by atoms with E-state index < -0.39 is 0 Å². The van der Waals surface area contributed by atoms with Crippen LogP contribution in [0.5, 0.6) is 5.75 Å². The third-order valence-electron chi connectivity index (χ3n) is 5.98. The molecule has 5 rings (SSSR count). The lowest BCUT2D eigenvalue weighted by Crippen LogP contribution is -2.42. The Labute approximate surface area is 176 Å². The zero-order valence-electron chi connectivity index (χ0n) is 16.9. The lowest BCUT2D eigenvalue weighted by atomic mass is 9.99. The van der Waals surface area contributed by atoms with Crippen LogP contribution in [0.1, 0.15) is 40.5 Å². The normalized spacial score (nSPS) is 20.7. The van der Waals surface area contributed by atoms with Crippen LogP contribution < -0.4 is 4.74 Å². The third-order valence-corrected chi connectivity index (χ3v) is 5.98. The molecule has 0 aliphatic carbocycles. The number of hydrogen-bond donors (Lipinski definition) is 0. The van der Waals surface area contributed by atoms with Crippen molar-refractivity contribution in [3.8, 4) is 5.75 Å². The SMILES string of the molecule is O=C(c1ccc(OCC2CCCO2)cc1)N1CCn2cccc2C1c1ccccc1. The fraction of sp³-hybridized carbons (Fsp3) is 0.320. The molecule has 0 spiro atoms. The maximum absolute atomic E-state index is 13.4. The quantitative estimate of drug-likeness (QED) is 0.639. The van der Waals surface area contributed by atoms with Crippen LogP contribution in [-0.2, 0) is 11.3 Å². The Balaban J connectivity index is 1.35. The van der Waals surface area contributed by atoms with E-state index in [0.717, 1.165) is 43.0 Å². The van der Waals surface area contributed by atoms with Gasteiger partial charge in [0.1, 0.15) is 12.4 Å². The molecule has 3 aromatic rings. The molecule has 1 saturated heterocycles. The van der Waals surface area contributed by atoms with Gasteiger partial charge < -0.3 is 18.9 Å². The van der Waals surface area contributed by atoms with Crippen LogP contribution >= 0.6 is 0 Å². The predicted molar refractivity (Wildman–Crippen MR) is 115 cm³/mol. The van der Waals surface area contributed by atoms with Gasteiger partial charge in [0.25, 0.3) is 5.91 Å². The Morgan fingerprint density at radius 2 is 1.83 bits per heavy atom. The lowest BCUT2D eigenvalue weighted by Gasteiger charge is -2.37. The summed E-state index contributed by atoms with van der Waals surface area (Å²) in [7, 11) is 0. The highest BCUT2D eigenvalue weighted by atomic mass is 16.5. The van der Waals surface area contributed by atoms with E-state index in [1.165, 1.54) is 0 Å². The highest BCUT2D eigenvalue weighted by Crippen LogP contribution is 2.33. The van der Waals surface area contributed by atoms with Gasteiger partial charge in [-0.2, -0.15) is 0 Å². The monoisotopic (exact) mass is 402 g/mol. The maximum atomic E-state index is 13.4. The van der Waals surface area contributed by atoms with Crippen molar-refractivity contribution in [1.29, 1.82) is 0 Å². The first kappa shape index (κ1) is 18.9. The Hall–Kier alpha value is -3.05. The van der Waals surface area contributed by atoms with Crippen LogP contribution in [-0.4, -0.2) is 41.2 Å². The van der Waals surface area contributed by atoms with E-state index in [0.29, 0.717) is 18.7 Å². The van der Waals surface area contributed by atoms with Crippen LogP contribution in [0, 0.1) is 0 Å². The molecule has 3 heterocycles. The zero-order chi connectivity index (χ0) is 20.3.